The van der Waals surface area contributed by atoms with Crippen LogP contribution in [0, 0.1) is 0 Å². The first kappa shape index (κ1) is 38.4. The Bertz CT molecular complexity index is 2170. The van der Waals surface area contributed by atoms with E-state index in [0.717, 1.165) is 45.4 Å². The minimum Gasteiger partial charge on any atom is -0.508 e. The van der Waals surface area contributed by atoms with Crippen molar-refractivity contribution in [1.29, 1.82) is 0 Å². The molecule has 2 aliphatic heterocycles. The van der Waals surface area contributed by atoms with Gasteiger partial charge in [0.2, 0.25) is 0 Å². The summed E-state index contributed by atoms with van der Waals surface area (Å²) in [6.45, 7) is 16.4. The molecule has 4 aromatic carbocycles. The van der Waals surface area contributed by atoms with Crippen LogP contribution >= 0.6 is 0 Å². The third-order valence-corrected chi connectivity index (χ3v) is 10.2. The molecular formula is C48H54O6. The maximum absolute atomic E-state index is 12.5. The van der Waals surface area contributed by atoms with Gasteiger partial charge in [-0.15, -0.1) is 0 Å². The monoisotopic (exact) mass is 726 g/mol. The number of ether oxygens (including phenoxy) is 2. The fourth-order valence-corrected chi connectivity index (χ4v) is 7.42. The van der Waals surface area contributed by atoms with Gasteiger partial charge >= 0.3 is 0 Å². The summed E-state index contributed by atoms with van der Waals surface area (Å²) in [7, 11) is 0. The van der Waals surface area contributed by atoms with E-state index in [1.54, 1.807) is 24.3 Å². The summed E-state index contributed by atoms with van der Waals surface area (Å²) in [6, 6.07) is 16.4. The van der Waals surface area contributed by atoms with Gasteiger partial charge in [-0.2, -0.15) is 0 Å². The van der Waals surface area contributed by atoms with Gasteiger partial charge in [0, 0.05) is 22.3 Å². The summed E-state index contributed by atoms with van der Waals surface area (Å²) in [4.78, 5) is 0. The van der Waals surface area contributed by atoms with Gasteiger partial charge in [0.15, 0.2) is 0 Å². The second-order valence-electron chi connectivity index (χ2n) is 16.3. The second-order valence-corrected chi connectivity index (χ2v) is 16.3. The van der Waals surface area contributed by atoms with Crippen molar-refractivity contribution in [3.8, 4) is 34.5 Å². The highest BCUT2D eigenvalue weighted by atomic mass is 16.5. The van der Waals surface area contributed by atoms with Crippen molar-refractivity contribution >= 4 is 11.6 Å². The van der Waals surface area contributed by atoms with Crippen LogP contribution in [0.15, 0.2) is 90.0 Å². The largest absolute Gasteiger partial charge is 0.508 e. The minimum atomic E-state index is -0.783. The number of aromatic hydroxyl groups is 4. The van der Waals surface area contributed by atoms with E-state index in [-0.39, 0.29) is 23.0 Å². The van der Waals surface area contributed by atoms with Crippen molar-refractivity contribution < 1.29 is 29.9 Å². The Morgan fingerprint density at radius 1 is 0.611 bits per heavy atom. The van der Waals surface area contributed by atoms with Crippen molar-refractivity contribution in [3.05, 3.63) is 140 Å². The van der Waals surface area contributed by atoms with E-state index >= 15 is 0 Å². The summed E-state index contributed by atoms with van der Waals surface area (Å²) in [6.07, 6.45) is 14.2. The minimum absolute atomic E-state index is 0.0915. The van der Waals surface area contributed by atoms with E-state index < -0.39 is 11.2 Å². The van der Waals surface area contributed by atoms with Crippen LogP contribution in [0.5, 0.6) is 34.5 Å². The standard InChI is InChI=1S/C48H54O6/c1-29(2)9-22-36-33(17-11-31-12-18-34(49)19-13-31)27-41(51)43-40(28-48(7,8)54-46(36)43)42-37(24-16-32-14-20-35(50)21-15-32)38(23-10-30(3)4)45-39(44(42)52)25-26-47(5,6)53-45/h9-10,12-15,18-21,25-28,49-52H,11,16-17,22-24H2,1-8H3. The van der Waals surface area contributed by atoms with Crippen molar-refractivity contribution in [2.24, 2.45) is 0 Å². The third-order valence-electron chi connectivity index (χ3n) is 10.2. The maximum atomic E-state index is 12.5. The molecule has 282 valence electrons. The number of benzene rings is 4. The topological polar surface area (TPSA) is 99.4 Å². The molecule has 0 fully saturated rings. The Morgan fingerprint density at radius 3 is 1.72 bits per heavy atom. The van der Waals surface area contributed by atoms with Gasteiger partial charge in [0.1, 0.15) is 45.7 Å². The zero-order valence-corrected chi connectivity index (χ0v) is 32.9. The Kier molecular flexibility index (Phi) is 10.8. The van der Waals surface area contributed by atoms with E-state index in [1.165, 1.54) is 11.1 Å². The summed E-state index contributed by atoms with van der Waals surface area (Å²) in [5, 5.41) is 44.5. The van der Waals surface area contributed by atoms with Crippen molar-refractivity contribution in [2.75, 3.05) is 0 Å². The van der Waals surface area contributed by atoms with Crippen LogP contribution in [-0.2, 0) is 38.5 Å². The molecule has 0 aliphatic carbocycles. The lowest BCUT2D eigenvalue weighted by Crippen LogP contribution is -2.31. The number of phenols is 4. The Balaban J connectivity index is 1.61. The number of hydrogen-bond donors (Lipinski definition) is 4. The van der Waals surface area contributed by atoms with Crippen LogP contribution < -0.4 is 9.47 Å². The van der Waals surface area contributed by atoms with Gasteiger partial charge in [-0.1, -0.05) is 47.6 Å². The molecule has 0 saturated carbocycles. The zero-order valence-electron chi connectivity index (χ0n) is 32.9. The number of allylic oxidation sites excluding steroid dienone is 4. The van der Waals surface area contributed by atoms with E-state index in [4.69, 9.17) is 9.47 Å². The maximum Gasteiger partial charge on any atom is 0.135 e. The Labute approximate surface area is 320 Å². The molecule has 6 heteroatoms. The van der Waals surface area contributed by atoms with Crippen molar-refractivity contribution in [2.45, 2.75) is 105 Å². The highest BCUT2D eigenvalue weighted by molar-refractivity contribution is 5.94. The lowest BCUT2D eigenvalue weighted by molar-refractivity contribution is 0.155. The van der Waals surface area contributed by atoms with Crippen LogP contribution in [0.25, 0.3) is 11.6 Å². The molecule has 6 rings (SSSR count). The predicted molar refractivity (Wildman–Crippen MR) is 219 cm³/mol. The Hall–Kier alpha value is -5.36. The fraction of sp³-hybridized carbons (Fsp3) is 0.333. The van der Waals surface area contributed by atoms with Crippen LogP contribution in [0.1, 0.15) is 105 Å². The zero-order chi connectivity index (χ0) is 38.9. The van der Waals surface area contributed by atoms with Crippen molar-refractivity contribution in [1.82, 2.24) is 0 Å². The van der Waals surface area contributed by atoms with Gasteiger partial charge < -0.3 is 29.9 Å². The number of rotatable bonds is 11. The van der Waals surface area contributed by atoms with E-state index in [1.807, 2.05) is 76.3 Å². The summed E-state index contributed by atoms with van der Waals surface area (Å²) < 4.78 is 13.5. The SMILES string of the molecule is CC(C)=CCc1c(CCc2ccc(O)cc2)c(C2=CC(C)(C)Oc3c(CC=C(C)C)c(CCc4ccc(O)cc4)cc(O)c32)c(O)c2c1OC(C)(C)C=C2. The molecule has 0 aromatic heterocycles. The summed E-state index contributed by atoms with van der Waals surface area (Å²) in [5.74, 6) is 1.93. The lowest BCUT2D eigenvalue weighted by atomic mass is 9.79. The third kappa shape index (κ3) is 8.38. The summed E-state index contributed by atoms with van der Waals surface area (Å²) >= 11 is 0. The number of hydrogen-bond acceptors (Lipinski definition) is 6. The molecule has 0 unspecified atom stereocenters. The van der Waals surface area contributed by atoms with E-state index in [9.17, 15) is 20.4 Å². The van der Waals surface area contributed by atoms with Crippen LogP contribution in [0.4, 0.5) is 0 Å². The molecule has 0 saturated heterocycles. The van der Waals surface area contributed by atoms with Gasteiger partial charge in [0.05, 0.1) is 11.1 Å². The number of fused-ring (bicyclic) bond motifs is 2. The van der Waals surface area contributed by atoms with Crippen molar-refractivity contribution in [3.63, 3.8) is 0 Å². The van der Waals surface area contributed by atoms with E-state index in [2.05, 4.69) is 39.8 Å². The Morgan fingerprint density at radius 2 is 1.15 bits per heavy atom. The van der Waals surface area contributed by atoms with Gasteiger partial charge in [0.25, 0.3) is 0 Å². The number of aryl methyl sites for hydroxylation is 3. The molecule has 0 radical (unpaired) electrons. The van der Waals surface area contributed by atoms with E-state index in [0.29, 0.717) is 60.3 Å². The molecule has 6 nitrogen and oxygen atoms in total. The molecule has 0 bridgehead atoms. The average molecular weight is 727 g/mol. The van der Waals surface area contributed by atoms with Crippen LogP contribution in [0.3, 0.4) is 0 Å². The van der Waals surface area contributed by atoms with Gasteiger partial charge in [-0.05, 0) is 165 Å². The van der Waals surface area contributed by atoms with Gasteiger partial charge in [-0.25, -0.2) is 0 Å². The highest BCUT2D eigenvalue weighted by Crippen LogP contribution is 2.54. The first-order valence-electron chi connectivity index (χ1n) is 18.9. The molecule has 4 N–H and O–H groups in total. The molecule has 4 aromatic rings. The molecule has 2 heterocycles. The fourth-order valence-electron chi connectivity index (χ4n) is 7.42. The highest BCUT2D eigenvalue weighted by Gasteiger charge is 2.37. The van der Waals surface area contributed by atoms with Crippen LogP contribution in [-0.4, -0.2) is 31.6 Å². The molecular weight excluding hydrogens is 673 g/mol. The second kappa shape index (κ2) is 15.2. The quantitative estimate of drug-likeness (QED) is 0.115. The average Bonchev–Trinajstić information content (AvgIpc) is 3.09. The molecule has 54 heavy (non-hydrogen) atoms. The lowest BCUT2D eigenvalue weighted by Gasteiger charge is -2.36. The normalized spacial score (nSPS) is 14.9. The molecule has 2 aliphatic rings. The van der Waals surface area contributed by atoms with Gasteiger partial charge in [-0.3, -0.25) is 0 Å². The predicted octanol–water partition coefficient (Wildman–Crippen LogP) is 10.9. The molecule has 0 amide bonds. The first-order valence-corrected chi connectivity index (χ1v) is 18.9. The summed E-state index contributed by atoms with van der Waals surface area (Å²) in [5.41, 5.74) is 9.62. The first-order chi connectivity index (χ1) is 25.5. The molecule has 0 atom stereocenters. The molecule has 0 spiro atoms. The number of phenolic OH excluding ortho intramolecular Hbond substituents is 4. The van der Waals surface area contributed by atoms with Crippen LogP contribution in [0.2, 0.25) is 0 Å². The smallest absolute Gasteiger partial charge is 0.135 e.